The van der Waals surface area contributed by atoms with Gasteiger partial charge < -0.3 is 14.4 Å². The summed E-state index contributed by atoms with van der Waals surface area (Å²) in [7, 11) is 3.30. The number of methoxy groups -OCH3 is 2. The lowest BCUT2D eigenvalue weighted by molar-refractivity contribution is -0.127. The molecule has 0 saturated carbocycles. The molecule has 1 aliphatic rings. The number of amides is 1. The average molecular weight is 358 g/mol. The molecular formula is C19H22N2O3S. The van der Waals surface area contributed by atoms with Gasteiger partial charge in [-0.2, -0.15) is 0 Å². The number of aromatic nitrogens is 1. The van der Waals surface area contributed by atoms with Gasteiger partial charge in [0.1, 0.15) is 0 Å². The number of ether oxygens (including phenoxy) is 2. The maximum absolute atomic E-state index is 12.5. The van der Waals surface area contributed by atoms with Crippen LogP contribution in [0.3, 0.4) is 0 Å². The molecule has 5 nitrogen and oxygen atoms in total. The van der Waals surface area contributed by atoms with Crippen molar-refractivity contribution in [2.24, 2.45) is 0 Å². The Morgan fingerprint density at radius 2 is 2.12 bits per heavy atom. The first kappa shape index (κ1) is 17.6. The van der Waals surface area contributed by atoms with Crippen molar-refractivity contribution in [3.8, 4) is 11.5 Å². The fraction of sp³-hybridized carbons (Fsp3) is 0.368. The van der Waals surface area contributed by atoms with Gasteiger partial charge in [0.05, 0.1) is 25.0 Å². The number of nitrogens with zero attached hydrogens (tertiary/aromatic N) is 2. The third kappa shape index (κ3) is 4.07. The summed E-state index contributed by atoms with van der Waals surface area (Å²) in [6.07, 6.45) is 2.68. The van der Waals surface area contributed by atoms with Crippen LogP contribution in [0.5, 0.6) is 11.5 Å². The normalized spacial score (nSPS) is 16.7. The summed E-state index contributed by atoms with van der Waals surface area (Å²) in [6.45, 7) is 1.48. The number of thioether (sulfide) groups is 1. The Hall–Kier alpha value is -2.21. The molecule has 132 valence electrons. The molecule has 1 saturated heterocycles. The maximum atomic E-state index is 12.5. The number of para-hydroxylation sites is 1. The van der Waals surface area contributed by atoms with Crippen molar-refractivity contribution in [2.75, 3.05) is 33.1 Å². The second-order valence-electron chi connectivity index (χ2n) is 5.86. The molecule has 1 fully saturated rings. The van der Waals surface area contributed by atoms with Crippen molar-refractivity contribution in [3.05, 3.63) is 48.2 Å². The molecule has 1 aromatic heterocycles. The SMILES string of the molecule is COc1cccc(C2CCN(C(=O)CSc3ccccn3)C2)c1OC. The highest BCUT2D eigenvalue weighted by atomic mass is 32.2. The largest absolute Gasteiger partial charge is 0.493 e. The van der Waals surface area contributed by atoms with E-state index in [9.17, 15) is 4.79 Å². The standard InChI is InChI=1S/C19H22N2O3S/c1-23-16-7-5-6-15(19(16)24-2)14-9-11-21(12-14)18(22)13-25-17-8-3-4-10-20-17/h3-8,10,14H,9,11-13H2,1-2H3. The summed E-state index contributed by atoms with van der Waals surface area (Å²) >= 11 is 1.48. The van der Waals surface area contributed by atoms with Crippen LogP contribution in [0.2, 0.25) is 0 Å². The van der Waals surface area contributed by atoms with E-state index in [2.05, 4.69) is 11.1 Å². The number of carbonyl (C=O) groups is 1. The highest BCUT2D eigenvalue weighted by molar-refractivity contribution is 7.99. The third-order valence-electron chi connectivity index (χ3n) is 4.40. The van der Waals surface area contributed by atoms with Crippen LogP contribution in [0.25, 0.3) is 0 Å². The molecule has 6 heteroatoms. The Morgan fingerprint density at radius 1 is 1.24 bits per heavy atom. The predicted octanol–water partition coefficient (Wildman–Crippen LogP) is 3.21. The highest BCUT2D eigenvalue weighted by Gasteiger charge is 2.29. The van der Waals surface area contributed by atoms with Crippen molar-refractivity contribution < 1.29 is 14.3 Å². The second-order valence-corrected chi connectivity index (χ2v) is 6.86. The van der Waals surface area contributed by atoms with E-state index in [4.69, 9.17) is 9.47 Å². The molecule has 25 heavy (non-hydrogen) atoms. The monoisotopic (exact) mass is 358 g/mol. The molecule has 0 bridgehead atoms. The summed E-state index contributed by atoms with van der Waals surface area (Å²) in [4.78, 5) is 18.7. The fourth-order valence-electron chi connectivity index (χ4n) is 3.13. The van der Waals surface area contributed by atoms with Gasteiger partial charge in [0, 0.05) is 30.8 Å². The highest BCUT2D eigenvalue weighted by Crippen LogP contribution is 2.39. The van der Waals surface area contributed by atoms with Crippen molar-refractivity contribution in [2.45, 2.75) is 17.4 Å². The molecule has 1 aromatic carbocycles. The minimum atomic E-state index is 0.153. The lowest BCUT2D eigenvalue weighted by Gasteiger charge is -2.19. The lowest BCUT2D eigenvalue weighted by Crippen LogP contribution is -2.30. The quantitative estimate of drug-likeness (QED) is 0.742. The van der Waals surface area contributed by atoms with Gasteiger partial charge in [-0.1, -0.05) is 30.0 Å². The molecule has 1 unspecified atom stereocenters. The summed E-state index contributed by atoms with van der Waals surface area (Å²) in [5.41, 5.74) is 1.11. The maximum Gasteiger partial charge on any atom is 0.233 e. The first-order valence-electron chi connectivity index (χ1n) is 8.25. The van der Waals surface area contributed by atoms with Crippen molar-refractivity contribution >= 4 is 17.7 Å². The zero-order valence-corrected chi connectivity index (χ0v) is 15.3. The number of hydrogen-bond acceptors (Lipinski definition) is 5. The number of benzene rings is 1. The van der Waals surface area contributed by atoms with Crippen LogP contribution >= 0.6 is 11.8 Å². The topological polar surface area (TPSA) is 51.7 Å². The van der Waals surface area contributed by atoms with Crippen LogP contribution in [-0.2, 0) is 4.79 Å². The Kier molecular flexibility index (Phi) is 5.81. The zero-order valence-electron chi connectivity index (χ0n) is 14.5. The molecule has 3 rings (SSSR count). The third-order valence-corrected chi connectivity index (χ3v) is 5.32. The first-order chi connectivity index (χ1) is 12.2. The van der Waals surface area contributed by atoms with E-state index >= 15 is 0 Å². The molecule has 0 radical (unpaired) electrons. The summed E-state index contributed by atoms with van der Waals surface area (Å²) < 4.78 is 10.9. The van der Waals surface area contributed by atoms with Crippen LogP contribution in [-0.4, -0.2) is 48.9 Å². The van der Waals surface area contributed by atoms with Gasteiger partial charge in [0.25, 0.3) is 0 Å². The molecule has 0 aliphatic carbocycles. The van der Waals surface area contributed by atoms with Crippen molar-refractivity contribution in [1.29, 1.82) is 0 Å². The van der Waals surface area contributed by atoms with E-state index in [-0.39, 0.29) is 11.8 Å². The van der Waals surface area contributed by atoms with Gasteiger partial charge in [-0.15, -0.1) is 0 Å². The van der Waals surface area contributed by atoms with Crippen molar-refractivity contribution in [1.82, 2.24) is 9.88 Å². The number of likely N-dealkylation sites (tertiary alicyclic amines) is 1. The van der Waals surface area contributed by atoms with E-state index in [1.165, 1.54) is 11.8 Å². The van der Waals surface area contributed by atoms with Crippen LogP contribution in [0.4, 0.5) is 0 Å². The smallest absolute Gasteiger partial charge is 0.233 e. The fourth-order valence-corrected chi connectivity index (χ4v) is 3.90. The van der Waals surface area contributed by atoms with E-state index in [0.29, 0.717) is 12.3 Å². The first-order valence-corrected chi connectivity index (χ1v) is 9.24. The van der Waals surface area contributed by atoms with Crippen LogP contribution in [0.1, 0.15) is 17.9 Å². The van der Waals surface area contributed by atoms with E-state index in [0.717, 1.165) is 35.1 Å². The average Bonchev–Trinajstić information content (AvgIpc) is 3.16. The van der Waals surface area contributed by atoms with Gasteiger partial charge in [-0.3, -0.25) is 4.79 Å². The minimum absolute atomic E-state index is 0.153. The Morgan fingerprint density at radius 3 is 2.84 bits per heavy atom. The van der Waals surface area contributed by atoms with Crippen LogP contribution < -0.4 is 9.47 Å². The minimum Gasteiger partial charge on any atom is -0.493 e. The number of carbonyl (C=O) groups excluding carboxylic acids is 1. The van der Waals surface area contributed by atoms with Gasteiger partial charge in [0.2, 0.25) is 5.91 Å². The molecule has 0 N–H and O–H groups in total. The molecule has 0 spiro atoms. The number of hydrogen-bond donors (Lipinski definition) is 0. The molecule has 1 atom stereocenters. The molecule has 2 aromatic rings. The van der Waals surface area contributed by atoms with Gasteiger partial charge in [-0.25, -0.2) is 4.98 Å². The Bertz CT molecular complexity index is 724. The molecular weight excluding hydrogens is 336 g/mol. The van der Waals surface area contributed by atoms with Crippen LogP contribution in [0, 0.1) is 0 Å². The van der Waals surface area contributed by atoms with E-state index in [1.54, 1.807) is 20.4 Å². The predicted molar refractivity (Wildman–Crippen MR) is 98.4 cm³/mol. The lowest BCUT2D eigenvalue weighted by atomic mass is 9.97. The zero-order chi connectivity index (χ0) is 17.6. The van der Waals surface area contributed by atoms with Gasteiger partial charge >= 0.3 is 0 Å². The molecule has 2 heterocycles. The Labute approximate surface area is 152 Å². The summed E-state index contributed by atoms with van der Waals surface area (Å²) in [5, 5.41) is 0.876. The molecule has 1 amide bonds. The number of pyridine rings is 1. The van der Waals surface area contributed by atoms with E-state index < -0.39 is 0 Å². The second kappa shape index (κ2) is 8.25. The van der Waals surface area contributed by atoms with E-state index in [1.807, 2.05) is 35.2 Å². The summed E-state index contributed by atoms with van der Waals surface area (Å²) in [6, 6.07) is 11.6. The molecule has 1 aliphatic heterocycles. The summed E-state index contributed by atoms with van der Waals surface area (Å²) in [5.74, 6) is 2.34. The van der Waals surface area contributed by atoms with Gasteiger partial charge in [-0.05, 0) is 24.6 Å². The van der Waals surface area contributed by atoms with Crippen molar-refractivity contribution in [3.63, 3.8) is 0 Å². The number of rotatable bonds is 6. The Balaban J connectivity index is 1.63. The van der Waals surface area contributed by atoms with Gasteiger partial charge in [0.15, 0.2) is 11.5 Å². The van der Waals surface area contributed by atoms with Crippen LogP contribution in [0.15, 0.2) is 47.6 Å².